The topological polar surface area (TPSA) is 144 Å². The molecule has 1 aliphatic carbocycles. The summed E-state index contributed by atoms with van der Waals surface area (Å²) in [6.45, 7) is 4.25. The van der Waals surface area contributed by atoms with Crippen LogP contribution in [-0.2, 0) is 6.54 Å². The molecule has 1 atom stereocenters. The first-order valence-electron chi connectivity index (χ1n) is 11.8. The highest BCUT2D eigenvalue weighted by Crippen LogP contribution is 2.36. The van der Waals surface area contributed by atoms with E-state index >= 15 is 0 Å². The second-order valence-corrected chi connectivity index (χ2v) is 10.1. The van der Waals surface area contributed by atoms with Crippen molar-refractivity contribution in [1.82, 2.24) is 25.9 Å². The van der Waals surface area contributed by atoms with Gasteiger partial charge in [-0.1, -0.05) is 11.8 Å². The normalized spacial score (nSPS) is 17.6. The number of amidine groups is 1. The molecule has 1 aromatic carbocycles. The van der Waals surface area contributed by atoms with Crippen LogP contribution in [0.25, 0.3) is 11.3 Å². The number of anilines is 1. The van der Waals surface area contributed by atoms with Gasteiger partial charge in [-0.25, -0.2) is 19.2 Å². The third kappa shape index (κ3) is 6.85. The van der Waals surface area contributed by atoms with Gasteiger partial charge in [0.25, 0.3) is 0 Å². The lowest BCUT2D eigenvalue weighted by Crippen LogP contribution is -2.36. The maximum atomic E-state index is 14.2. The number of nitrogens with zero attached hydrogens (tertiary/aromatic N) is 3. The number of amides is 2. The van der Waals surface area contributed by atoms with Crippen molar-refractivity contribution in [1.29, 1.82) is 0 Å². The Bertz CT molecular complexity index is 1170. The molecule has 2 heterocycles. The van der Waals surface area contributed by atoms with Crippen molar-refractivity contribution < 1.29 is 19.4 Å². The fourth-order valence-electron chi connectivity index (χ4n) is 3.53. The molecule has 1 unspecified atom stereocenters. The number of aromatic nitrogens is 2. The third-order valence-corrected chi connectivity index (χ3v) is 6.58. The highest BCUT2D eigenvalue weighted by molar-refractivity contribution is 8.14. The highest BCUT2D eigenvalue weighted by atomic mass is 32.2. The van der Waals surface area contributed by atoms with Crippen molar-refractivity contribution in [2.75, 3.05) is 18.5 Å². The Labute approximate surface area is 212 Å². The lowest BCUT2D eigenvalue weighted by molar-refractivity contribution is 0.240. The van der Waals surface area contributed by atoms with E-state index in [1.807, 2.05) is 19.9 Å². The minimum absolute atomic E-state index is 0.0874. The van der Waals surface area contributed by atoms with Crippen LogP contribution in [0.1, 0.15) is 43.2 Å². The standard InChI is InChI=1S/C24H30FN7O3S/c1-13(2)28-24-27-10-21(36-24)20-8-19(31-22(32-20)29-17(11-33)12-34)18-6-3-15(25)7-14(18)9-26-23(35)30-16-4-5-16/h3,6-8,11,13,16,21,33-34H,4-5,9-10,12H2,1-2H3,(H,27,28)(H2,26,30,35)(H,29,31,32)/b17-11+. The van der Waals surface area contributed by atoms with Gasteiger partial charge < -0.3 is 31.5 Å². The Hall–Kier alpha value is -3.38. The SMILES string of the molecule is CC(C)NC1=NCC(c2cc(-c3ccc(F)cc3CNC(=O)NC3CC3)nc(N/C(=C/O)CO)n2)S1. The van der Waals surface area contributed by atoms with Crippen molar-refractivity contribution in [3.8, 4) is 11.3 Å². The summed E-state index contributed by atoms with van der Waals surface area (Å²) < 4.78 is 14.2. The van der Waals surface area contributed by atoms with Crippen LogP contribution in [0.15, 0.2) is 41.2 Å². The van der Waals surface area contributed by atoms with E-state index in [1.54, 1.807) is 17.8 Å². The molecule has 0 bridgehead atoms. The molecule has 2 aromatic rings. The molecule has 0 saturated heterocycles. The molecule has 0 spiro atoms. The number of hydrogen-bond acceptors (Lipinski definition) is 9. The number of aliphatic imine (C=N–C) groups is 1. The van der Waals surface area contributed by atoms with Gasteiger partial charge in [-0.05, 0) is 56.5 Å². The number of rotatable bonds is 9. The highest BCUT2D eigenvalue weighted by Gasteiger charge is 2.26. The molecule has 1 aliphatic heterocycles. The van der Waals surface area contributed by atoms with Gasteiger partial charge in [0.05, 0.1) is 35.5 Å². The summed E-state index contributed by atoms with van der Waals surface area (Å²) >= 11 is 1.55. The van der Waals surface area contributed by atoms with E-state index in [9.17, 15) is 19.4 Å². The second-order valence-electron chi connectivity index (χ2n) is 8.89. The van der Waals surface area contributed by atoms with Crippen LogP contribution in [0.4, 0.5) is 15.1 Å². The number of hydrogen-bond donors (Lipinski definition) is 6. The smallest absolute Gasteiger partial charge is 0.315 e. The zero-order valence-corrected chi connectivity index (χ0v) is 20.9. The monoisotopic (exact) mass is 515 g/mol. The van der Waals surface area contributed by atoms with Gasteiger partial charge >= 0.3 is 6.03 Å². The number of carbonyl (C=O) groups excluding carboxylic acids is 1. The van der Waals surface area contributed by atoms with Gasteiger partial charge in [-0.15, -0.1) is 0 Å². The summed E-state index contributed by atoms with van der Waals surface area (Å²) in [6, 6.07) is 6.27. The van der Waals surface area contributed by atoms with Gasteiger partial charge in [0.2, 0.25) is 5.95 Å². The molecule has 4 rings (SSSR count). The number of aliphatic hydroxyl groups is 2. The molecular formula is C24H30FN7O3S. The van der Waals surface area contributed by atoms with Crippen LogP contribution >= 0.6 is 11.8 Å². The zero-order valence-electron chi connectivity index (χ0n) is 20.1. The Balaban J connectivity index is 1.64. The number of thioether (sulfide) groups is 1. The lowest BCUT2D eigenvalue weighted by Gasteiger charge is -2.16. The molecule has 192 valence electrons. The fraction of sp³-hybridized carbons (Fsp3) is 0.417. The number of urea groups is 1. The van der Waals surface area contributed by atoms with Crippen LogP contribution in [0.2, 0.25) is 0 Å². The summed E-state index contributed by atoms with van der Waals surface area (Å²) in [5, 5.41) is 31.4. The van der Waals surface area contributed by atoms with Crippen molar-refractivity contribution in [2.45, 2.75) is 50.6 Å². The van der Waals surface area contributed by atoms with Gasteiger partial charge in [-0.2, -0.15) is 0 Å². The van der Waals surface area contributed by atoms with Crippen LogP contribution in [0, 0.1) is 5.82 Å². The number of nitrogens with one attached hydrogen (secondary N) is 4. The van der Waals surface area contributed by atoms with Gasteiger partial charge in [0, 0.05) is 24.2 Å². The van der Waals surface area contributed by atoms with Crippen LogP contribution in [-0.4, -0.2) is 56.6 Å². The van der Waals surface area contributed by atoms with Gasteiger partial charge in [-0.3, -0.25) is 4.99 Å². The summed E-state index contributed by atoms with van der Waals surface area (Å²) in [7, 11) is 0. The molecule has 1 saturated carbocycles. The maximum absolute atomic E-state index is 14.2. The molecule has 1 fully saturated rings. The lowest BCUT2D eigenvalue weighted by atomic mass is 10.0. The Morgan fingerprint density at radius 1 is 1.28 bits per heavy atom. The molecule has 36 heavy (non-hydrogen) atoms. The largest absolute Gasteiger partial charge is 0.514 e. The summed E-state index contributed by atoms with van der Waals surface area (Å²) in [5.74, 6) is -0.266. The molecule has 2 amide bonds. The van der Waals surface area contributed by atoms with E-state index in [0.717, 1.165) is 24.3 Å². The van der Waals surface area contributed by atoms with E-state index < -0.39 is 12.4 Å². The van der Waals surface area contributed by atoms with Crippen molar-refractivity contribution in [3.05, 3.63) is 53.3 Å². The summed E-state index contributed by atoms with van der Waals surface area (Å²) in [5.41, 5.74) is 2.48. The number of carbonyl (C=O) groups is 1. The second kappa shape index (κ2) is 11.6. The summed E-state index contributed by atoms with van der Waals surface area (Å²) in [6.07, 6.45) is 2.68. The van der Waals surface area contributed by atoms with E-state index in [4.69, 9.17) is 0 Å². The Morgan fingerprint density at radius 2 is 2.08 bits per heavy atom. The number of aliphatic hydroxyl groups excluding tert-OH is 2. The summed E-state index contributed by atoms with van der Waals surface area (Å²) in [4.78, 5) is 25.9. The van der Waals surface area contributed by atoms with E-state index in [0.29, 0.717) is 29.1 Å². The first-order valence-corrected chi connectivity index (χ1v) is 12.6. The van der Waals surface area contributed by atoms with Crippen LogP contribution in [0.5, 0.6) is 0 Å². The molecule has 0 radical (unpaired) electrons. The average Bonchev–Trinajstić information content (AvgIpc) is 3.55. The predicted molar refractivity (Wildman–Crippen MR) is 138 cm³/mol. The van der Waals surface area contributed by atoms with Crippen molar-refractivity contribution in [3.63, 3.8) is 0 Å². The molecule has 12 heteroatoms. The van der Waals surface area contributed by atoms with Gasteiger partial charge in [0.1, 0.15) is 12.1 Å². The van der Waals surface area contributed by atoms with Gasteiger partial charge in [0.15, 0.2) is 5.17 Å². The first-order chi connectivity index (χ1) is 17.3. The van der Waals surface area contributed by atoms with Crippen LogP contribution < -0.4 is 21.3 Å². The fourth-order valence-corrected chi connectivity index (χ4v) is 4.65. The third-order valence-electron chi connectivity index (χ3n) is 5.44. The number of benzene rings is 1. The maximum Gasteiger partial charge on any atom is 0.315 e. The van der Waals surface area contributed by atoms with Crippen LogP contribution in [0.3, 0.4) is 0 Å². The molecule has 6 N–H and O–H groups in total. The average molecular weight is 516 g/mol. The Kier molecular flexibility index (Phi) is 8.26. The first kappa shape index (κ1) is 25.7. The van der Waals surface area contributed by atoms with E-state index in [-0.39, 0.29) is 41.6 Å². The molecular weight excluding hydrogens is 485 g/mol. The number of halogens is 1. The minimum atomic E-state index is -0.439. The molecule has 2 aliphatic rings. The van der Waals surface area contributed by atoms with Crippen molar-refractivity contribution in [2.24, 2.45) is 4.99 Å². The van der Waals surface area contributed by atoms with E-state index in [1.165, 1.54) is 12.1 Å². The minimum Gasteiger partial charge on any atom is -0.514 e. The quantitative estimate of drug-likeness (QED) is 0.280. The Morgan fingerprint density at radius 3 is 2.78 bits per heavy atom. The zero-order chi connectivity index (χ0) is 25.7. The predicted octanol–water partition coefficient (Wildman–Crippen LogP) is 3.19. The molecule has 10 nitrogen and oxygen atoms in total. The molecule has 1 aromatic heterocycles. The van der Waals surface area contributed by atoms with Crippen molar-refractivity contribution >= 4 is 28.9 Å². The van der Waals surface area contributed by atoms with E-state index in [2.05, 4.69) is 36.2 Å².